The van der Waals surface area contributed by atoms with Crippen LogP contribution in [0.25, 0.3) is 21.9 Å². The largest absolute Gasteiger partial charge is 0.459 e. The molecule has 1 N–H and O–H groups in total. The van der Waals surface area contributed by atoms with Crippen molar-refractivity contribution >= 4 is 28.2 Å². The van der Waals surface area contributed by atoms with Crippen molar-refractivity contribution in [1.29, 1.82) is 0 Å². The Morgan fingerprint density at radius 3 is 2.12 bits per heavy atom. The number of ether oxygens (including phenoxy) is 2. The van der Waals surface area contributed by atoms with Crippen molar-refractivity contribution in [2.24, 2.45) is 0 Å². The van der Waals surface area contributed by atoms with E-state index in [0.29, 0.717) is 11.1 Å². The van der Waals surface area contributed by atoms with Crippen LogP contribution in [0.5, 0.6) is 12.0 Å². The quantitative estimate of drug-likeness (QED) is 0.338. The van der Waals surface area contributed by atoms with E-state index in [-0.39, 0.29) is 37.0 Å². The molecule has 0 aliphatic heterocycles. The zero-order chi connectivity index (χ0) is 22.8. The summed E-state index contributed by atoms with van der Waals surface area (Å²) in [4.78, 5) is 26.0. The molecule has 4 aromatic rings. The maximum absolute atomic E-state index is 13.2. The van der Waals surface area contributed by atoms with Crippen molar-refractivity contribution in [3.05, 3.63) is 91.0 Å². The summed E-state index contributed by atoms with van der Waals surface area (Å²) in [6, 6.07) is 17.6. The van der Waals surface area contributed by atoms with E-state index in [2.05, 4.69) is 33.4 Å². The van der Waals surface area contributed by atoms with Crippen molar-refractivity contribution in [3.8, 4) is 23.1 Å². The number of nitrogens with zero attached hydrogens (tertiary/aromatic N) is 3. The predicted molar refractivity (Wildman–Crippen MR) is 127 cm³/mol. The number of nitrogens with one attached hydrogen (secondary N) is 1. The highest BCUT2D eigenvalue weighted by atomic mass is 16.5. The van der Waals surface area contributed by atoms with E-state index in [1.807, 2.05) is 54.6 Å². The molecular formula is C26H20N4O3. The summed E-state index contributed by atoms with van der Waals surface area (Å²) in [6.07, 6.45) is 3.20. The van der Waals surface area contributed by atoms with Crippen LogP contribution in [0.1, 0.15) is 15.9 Å². The molecule has 1 heterocycles. The summed E-state index contributed by atoms with van der Waals surface area (Å²) in [6.45, 7) is 7.77. The van der Waals surface area contributed by atoms with E-state index < -0.39 is 0 Å². The van der Waals surface area contributed by atoms with Crippen LogP contribution in [0, 0.1) is 0 Å². The lowest BCUT2D eigenvalue weighted by atomic mass is 9.82. The molecule has 33 heavy (non-hydrogen) atoms. The molecule has 1 aliphatic carbocycles. The minimum atomic E-state index is 0.0150. The molecule has 0 saturated heterocycles. The number of carbonyl (C=O) groups excluding carboxylic acids is 1. The standard InChI is InChI=1S/C26H20N4O3/c1-3-14-32-25-28-24(29-26(30-25)33-15-4-2)27-21-13-12-17-16-8-5-6-9-18(16)23(31)20-11-7-10-19(21)22(17)20/h3-13H,1-2,14-15H2,(H,27,28,29,30). The van der Waals surface area contributed by atoms with Gasteiger partial charge in [-0.25, -0.2) is 0 Å². The highest BCUT2D eigenvalue weighted by Gasteiger charge is 2.25. The highest BCUT2D eigenvalue weighted by Crippen LogP contribution is 2.42. The average Bonchev–Trinajstić information content (AvgIpc) is 2.85. The number of carbonyl (C=O) groups is 1. The Morgan fingerprint density at radius 2 is 1.42 bits per heavy atom. The molecule has 0 amide bonds. The van der Waals surface area contributed by atoms with Crippen LogP contribution in [0.15, 0.2) is 79.9 Å². The number of hydrogen-bond donors (Lipinski definition) is 1. The lowest BCUT2D eigenvalue weighted by molar-refractivity contribution is 0.104. The third kappa shape index (κ3) is 3.70. The van der Waals surface area contributed by atoms with Crippen LogP contribution in [-0.4, -0.2) is 33.9 Å². The molecule has 5 rings (SSSR count). The van der Waals surface area contributed by atoms with Gasteiger partial charge in [-0.05, 0) is 17.2 Å². The van der Waals surface area contributed by atoms with Gasteiger partial charge in [0, 0.05) is 27.6 Å². The Hall–Kier alpha value is -4.52. The van der Waals surface area contributed by atoms with Crippen molar-refractivity contribution in [2.75, 3.05) is 18.5 Å². The number of fused-ring (bicyclic) bond motifs is 2. The normalized spacial score (nSPS) is 11.6. The molecule has 0 radical (unpaired) electrons. The fraction of sp³-hybridized carbons (Fsp3) is 0.0769. The minimum Gasteiger partial charge on any atom is -0.459 e. The van der Waals surface area contributed by atoms with E-state index in [9.17, 15) is 4.79 Å². The fourth-order valence-corrected chi connectivity index (χ4v) is 3.90. The maximum atomic E-state index is 13.2. The summed E-state index contributed by atoms with van der Waals surface area (Å²) < 4.78 is 11.0. The van der Waals surface area contributed by atoms with Gasteiger partial charge < -0.3 is 14.8 Å². The van der Waals surface area contributed by atoms with E-state index in [0.717, 1.165) is 27.6 Å². The average molecular weight is 436 g/mol. The molecule has 0 bridgehead atoms. The van der Waals surface area contributed by atoms with Crippen LogP contribution in [0.2, 0.25) is 0 Å². The Morgan fingerprint density at radius 1 is 0.758 bits per heavy atom. The van der Waals surface area contributed by atoms with E-state index in [1.165, 1.54) is 0 Å². The zero-order valence-electron chi connectivity index (χ0n) is 17.7. The SMILES string of the molecule is C=CCOc1nc(Nc2ccc3c4c(cccc24)C(=O)c2ccccc2-3)nc(OCC=C)n1. The number of rotatable bonds is 8. The number of ketones is 1. The smallest absolute Gasteiger partial charge is 0.324 e. The summed E-state index contributed by atoms with van der Waals surface area (Å²) in [7, 11) is 0. The van der Waals surface area contributed by atoms with Gasteiger partial charge in [0.1, 0.15) is 13.2 Å². The molecule has 0 saturated carbocycles. The first-order valence-electron chi connectivity index (χ1n) is 10.4. The summed E-state index contributed by atoms with van der Waals surface area (Å²) >= 11 is 0. The lowest BCUT2D eigenvalue weighted by Crippen LogP contribution is -2.11. The molecule has 3 aromatic carbocycles. The molecule has 0 unspecified atom stereocenters. The molecule has 0 atom stereocenters. The van der Waals surface area contributed by atoms with Crippen LogP contribution < -0.4 is 14.8 Å². The summed E-state index contributed by atoms with van der Waals surface area (Å²) in [5.41, 5.74) is 4.08. The molecule has 162 valence electrons. The van der Waals surface area contributed by atoms with Crippen molar-refractivity contribution in [1.82, 2.24) is 15.0 Å². The second-order valence-electron chi connectivity index (χ2n) is 7.31. The fourth-order valence-electron chi connectivity index (χ4n) is 3.90. The van der Waals surface area contributed by atoms with Crippen LogP contribution in [-0.2, 0) is 0 Å². The maximum Gasteiger partial charge on any atom is 0.324 e. The Labute approximate surface area is 190 Å². The number of hydrogen-bond acceptors (Lipinski definition) is 7. The third-order valence-corrected chi connectivity index (χ3v) is 5.25. The molecule has 1 aliphatic rings. The monoisotopic (exact) mass is 436 g/mol. The topological polar surface area (TPSA) is 86.2 Å². The van der Waals surface area contributed by atoms with Gasteiger partial charge in [-0.15, -0.1) is 4.98 Å². The Kier molecular flexibility index (Phi) is 5.28. The van der Waals surface area contributed by atoms with Gasteiger partial charge in [0.25, 0.3) is 0 Å². The van der Waals surface area contributed by atoms with Crippen molar-refractivity contribution in [3.63, 3.8) is 0 Å². The van der Waals surface area contributed by atoms with Crippen molar-refractivity contribution < 1.29 is 14.3 Å². The molecular weight excluding hydrogens is 416 g/mol. The highest BCUT2D eigenvalue weighted by molar-refractivity contribution is 6.27. The van der Waals surface area contributed by atoms with E-state index >= 15 is 0 Å². The van der Waals surface area contributed by atoms with Crippen molar-refractivity contribution in [2.45, 2.75) is 0 Å². The lowest BCUT2D eigenvalue weighted by Gasteiger charge is -2.21. The minimum absolute atomic E-state index is 0.0150. The van der Waals surface area contributed by atoms with Gasteiger partial charge in [-0.3, -0.25) is 4.79 Å². The van der Waals surface area contributed by atoms with Gasteiger partial charge in [0.05, 0.1) is 0 Å². The number of anilines is 2. The number of benzene rings is 3. The molecule has 7 nitrogen and oxygen atoms in total. The Bertz CT molecular complexity index is 1380. The first-order valence-corrected chi connectivity index (χ1v) is 10.4. The summed E-state index contributed by atoms with van der Waals surface area (Å²) in [5.74, 6) is 0.271. The first kappa shape index (κ1) is 20.4. The van der Waals surface area contributed by atoms with Crippen LogP contribution in [0.4, 0.5) is 11.6 Å². The van der Waals surface area contributed by atoms with Crippen LogP contribution in [0.3, 0.4) is 0 Å². The molecule has 0 spiro atoms. The van der Waals surface area contributed by atoms with Gasteiger partial charge >= 0.3 is 12.0 Å². The third-order valence-electron chi connectivity index (χ3n) is 5.25. The van der Waals surface area contributed by atoms with Gasteiger partial charge in [-0.1, -0.05) is 73.8 Å². The van der Waals surface area contributed by atoms with E-state index in [1.54, 1.807) is 12.2 Å². The number of aromatic nitrogens is 3. The molecule has 1 aromatic heterocycles. The second kappa shape index (κ2) is 8.55. The Balaban J connectivity index is 1.60. The zero-order valence-corrected chi connectivity index (χ0v) is 17.7. The first-order chi connectivity index (χ1) is 16.2. The van der Waals surface area contributed by atoms with Gasteiger partial charge in [0.2, 0.25) is 5.95 Å². The van der Waals surface area contributed by atoms with Gasteiger partial charge in [0.15, 0.2) is 5.78 Å². The van der Waals surface area contributed by atoms with Gasteiger partial charge in [-0.2, -0.15) is 9.97 Å². The second-order valence-corrected chi connectivity index (χ2v) is 7.31. The van der Waals surface area contributed by atoms with Crippen LogP contribution >= 0.6 is 0 Å². The molecule has 7 heteroatoms. The summed E-state index contributed by atoms with van der Waals surface area (Å²) in [5, 5.41) is 5.02. The predicted octanol–water partition coefficient (Wildman–Crippen LogP) is 5.11. The molecule has 0 fully saturated rings. The van der Waals surface area contributed by atoms with E-state index in [4.69, 9.17) is 9.47 Å².